The molecular weight excluding hydrogens is 250 g/mol. The molecule has 0 saturated carbocycles. The maximum atomic E-state index is 9.01. The fraction of sp³-hybridized carbons (Fsp3) is 0.562. The van der Waals surface area contributed by atoms with Crippen LogP contribution in [0.1, 0.15) is 38.7 Å². The number of likely N-dealkylation sites (N-methyl/N-ethyl adjacent to an activating group) is 1. The highest BCUT2D eigenvalue weighted by atomic mass is 16.4. The smallest absolute Gasteiger partial charge is 0.147 e. The number of hydrogen-bond acceptors (Lipinski definition) is 3. The van der Waals surface area contributed by atoms with Crippen LogP contribution in [0.4, 0.5) is 0 Å². The van der Waals surface area contributed by atoms with Crippen LogP contribution < -0.4 is 5.73 Å². The maximum Gasteiger partial charge on any atom is 0.147 e. The molecule has 4 nitrogen and oxygen atoms in total. The van der Waals surface area contributed by atoms with Crippen LogP contribution in [0.15, 0.2) is 35.5 Å². The van der Waals surface area contributed by atoms with Gasteiger partial charge in [0.2, 0.25) is 0 Å². The molecule has 0 heterocycles. The van der Waals surface area contributed by atoms with E-state index in [1.54, 1.807) is 0 Å². The van der Waals surface area contributed by atoms with Gasteiger partial charge < -0.3 is 15.8 Å². The number of amidine groups is 1. The molecule has 0 spiro atoms. The number of nitrogens with two attached hydrogens (primary N) is 1. The third kappa shape index (κ3) is 4.85. The molecule has 1 aromatic carbocycles. The molecule has 0 radical (unpaired) electrons. The van der Waals surface area contributed by atoms with Crippen LogP contribution >= 0.6 is 0 Å². The summed E-state index contributed by atoms with van der Waals surface area (Å²) in [5.41, 5.74) is 6.95. The second kappa shape index (κ2) is 7.90. The summed E-state index contributed by atoms with van der Waals surface area (Å²) in [6.45, 7) is 7.41. The molecule has 0 aliphatic heterocycles. The fourth-order valence-corrected chi connectivity index (χ4v) is 2.45. The lowest BCUT2D eigenvalue weighted by Gasteiger charge is -2.29. The van der Waals surface area contributed by atoms with Crippen LogP contribution in [-0.4, -0.2) is 35.6 Å². The third-order valence-electron chi connectivity index (χ3n) is 3.71. The molecule has 0 bridgehead atoms. The van der Waals surface area contributed by atoms with Gasteiger partial charge in [-0.3, -0.25) is 0 Å². The molecule has 2 atom stereocenters. The lowest BCUT2D eigenvalue weighted by molar-refractivity contribution is 0.224. The molecule has 1 rings (SSSR count). The predicted molar refractivity (Wildman–Crippen MR) is 84.1 cm³/mol. The van der Waals surface area contributed by atoms with Crippen LogP contribution in [0.3, 0.4) is 0 Å². The van der Waals surface area contributed by atoms with Crippen LogP contribution in [0.2, 0.25) is 0 Å². The minimum Gasteiger partial charge on any atom is -0.409 e. The monoisotopic (exact) mass is 277 g/mol. The Morgan fingerprint density at radius 3 is 2.35 bits per heavy atom. The van der Waals surface area contributed by atoms with E-state index < -0.39 is 0 Å². The highest BCUT2D eigenvalue weighted by molar-refractivity contribution is 5.87. The Labute approximate surface area is 122 Å². The highest BCUT2D eigenvalue weighted by Crippen LogP contribution is 2.19. The summed E-state index contributed by atoms with van der Waals surface area (Å²) in [6, 6.07) is 10.4. The zero-order valence-electron chi connectivity index (χ0n) is 13.0. The molecule has 0 aliphatic rings. The SMILES string of the molecule is CC(C)CC(C)N(C)CC(C(N)=NO)c1ccccc1. The van der Waals surface area contributed by atoms with E-state index in [1.165, 1.54) is 0 Å². The maximum absolute atomic E-state index is 9.01. The van der Waals surface area contributed by atoms with E-state index in [1.807, 2.05) is 30.3 Å². The number of oxime groups is 1. The molecule has 0 aliphatic carbocycles. The summed E-state index contributed by atoms with van der Waals surface area (Å²) < 4.78 is 0. The summed E-state index contributed by atoms with van der Waals surface area (Å²) in [5.74, 6) is 0.840. The molecule has 0 aromatic heterocycles. The summed E-state index contributed by atoms with van der Waals surface area (Å²) in [4.78, 5) is 2.27. The Hall–Kier alpha value is -1.55. The first-order valence-electron chi connectivity index (χ1n) is 7.18. The second-order valence-corrected chi connectivity index (χ2v) is 5.91. The average Bonchev–Trinajstić information content (AvgIpc) is 2.43. The van der Waals surface area contributed by atoms with Crippen molar-refractivity contribution in [2.24, 2.45) is 16.8 Å². The Balaban J connectivity index is 2.81. The summed E-state index contributed by atoms with van der Waals surface area (Å²) in [5, 5.41) is 12.2. The summed E-state index contributed by atoms with van der Waals surface area (Å²) >= 11 is 0. The lowest BCUT2D eigenvalue weighted by Crippen LogP contribution is -2.38. The van der Waals surface area contributed by atoms with Crippen LogP contribution in [-0.2, 0) is 0 Å². The molecule has 20 heavy (non-hydrogen) atoms. The third-order valence-corrected chi connectivity index (χ3v) is 3.71. The Morgan fingerprint density at radius 2 is 1.85 bits per heavy atom. The zero-order chi connectivity index (χ0) is 15.1. The van der Waals surface area contributed by atoms with E-state index in [0.29, 0.717) is 12.0 Å². The molecule has 112 valence electrons. The van der Waals surface area contributed by atoms with Gasteiger partial charge >= 0.3 is 0 Å². The largest absolute Gasteiger partial charge is 0.409 e. The normalized spacial score (nSPS) is 15.6. The van der Waals surface area contributed by atoms with Crippen molar-refractivity contribution in [3.8, 4) is 0 Å². The number of hydrogen-bond donors (Lipinski definition) is 2. The minimum absolute atomic E-state index is 0.0826. The van der Waals surface area contributed by atoms with Crippen LogP contribution in [0, 0.1) is 5.92 Å². The lowest BCUT2D eigenvalue weighted by atomic mass is 9.96. The first kappa shape index (κ1) is 16.5. The van der Waals surface area contributed by atoms with Crippen molar-refractivity contribution in [2.75, 3.05) is 13.6 Å². The van der Waals surface area contributed by atoms with Gasteiger partial charge in [0.05, 0.1) is 5.92 Å². The van der Waals surface area contributed by atoms with Gasteiger partial charge in [-0.25, -0.2) is 0 Å². The Kier molecular flexibility index (Phi) is 6.52. The molecule has 2 unspecified atom stereocenters. The molecular formula is C16H27N3O. The van der Waals surface area contributed by atoms with Crippen molar-refractivity contribution in [3.05, 3.63) is 35.9 Å². The van der Waals surface area contributed by atoms with E-state index in [2.05, 4.69) is 37.9 Å². The van der Waals surface area contributed by atoms with E-state index in [-0.39, 0.29) is 11.8 Å². The van der Waals surface area contributed by atoms with Crippen molar-refractivity contribution in [1.82, 2.24) is 4.90 Å². The van der Waals surface area contributed by atoms with Crippen molar-refractivity contribution >= 4 is 5.84 Å². The quantitative estimate of drug-likeness (QED) is 0.349. The van der Waals surface area contributed by atoms with Crippen LogP contribution in [0.5, 0.6) is 0 Å². The van der Waals surface area contributed by atoms with Gasteiger partial charge in [0.15, 0.2) is 0 Å². The molecule has 1 aromatic rings. The number of nitrogens with zero attached hydrogens (tertiary/aromatic N) is 2. The molecule has 0 saturated heterocycles. The van der Waals surface area contributed by atoms with Crippen LogP contribution in [0.25, 0.3) is 0 Å². The topological polar surface area (TPSA) is 61.8 Å². The minimum atomic E-state index is -0.0826. The van der Waals surface area contributed by atoms with Gasteiger partial charge in [0.1, 0.15) is 5.84 Å². The Morgan fingerprint density at radius 1 is 1.25 bits per heavy atom. The van der Waals surface area contributed by atoms with Gasteiger partial charge in [-0.15, -0.1) is 0 Å². The fourth-order valence-electron chi connectivity index (χ4n) is 2.45. The van der Waals surface area contributed by atoms with Crippen molar-refractivity contribution in [2.45, 2.75) is 39.2 Å². The van der Waals surface area contributed by atoms with Gasteiger partial charge in [-0.1, -0.05) is 49.3 Å². The van der Waals surface area contributed by atoms with E-state index >= 15 is 0 Å². The van der Waals surface area contributed by atoms with E-state index in [4.69, 9.17) is 10.9 Å². The van der Waals surface area contributed by atoms with E-state index in [9.17, 15) is 0 Å². The average molecular weight is 277 g/mol. The van der Waals surface area contributed by atoms with E-state index in [0.717, 1.165) is 18.5 Å². The molecule has 4 heteroatoms. The van der Waals surface area contributed by atoms with Crippen molar-refractivity contribution in [1.29, 1.82) is 0 Å². The van der Waals surface area contributed by atoms with Crippen molar-refractivity contribution < 1.29 is 5.21 Å². The first-order chi connectivity index (χ1) is 9.45. The summed E-state index contributed by atoms with van der Waals surface area (Å²) in [7, 11) is 2.09. The van der Waals surface area contributed by atoms with Gasteiger partial charge in [-0.2, -0.15) is 0 Å². The highest BCUT2D eigenvalue weighted by Gasteiger charge is 2.21. The molecule has 0 amide bonds. The predicted octanol–water partition coefficient (Wildman–Crippen LogP) is 2.88. The van der Waals surface area contributed by atoms with Gasteiger partial charge in [-0.05, 0) is 31.9 Å². The van der Waals surface area contributed by atoms with Crippen molar-refractivity contribution in [3.63, 3.8) is 0 Å². The standard InChI is InChI=1S/C16H27N3O/c1-12(2)10-13(3)19(4)11-15(16(17)18-20)14-8-6-5-7-9-14/h5-9,12-13,15,20H,10-11H2,1-4H3,(H2,17,18). The molecule has 0 fully saturated rings. The van der Waals surface area contributed by atoms with Gasteiger partial charge in [0.25, 0.3) is 0 Å². The second-order valence-electron chi connectivity index (χ2n) is 5.91. The summed E-state index contributed by atoms with van der Waals surface area (Å²) in [6.07, 6.45) is 1.13. The van der Waals surface area contributed by atoms with Gasteiger partial charge in [0, 0.05) is 12.6 Å². The first-order valence-corrected chi connectivity index (χ1v) is 7.18. The Bertz CT molecular complexity index is 417. The molecule has 3 N–H and O–H groups in total. The zero-order valence-corrected chi connectivity index (χ0v) is 13.0. The number of rotatable bonds is 7. The number of benzene rings is 1.